The summed E-state index contributed by atoms with van der Waals surface area (Å²) < 4.78 is 45.7. The summed E-state index contributed by atoms with van der Waals surface area (Å²) in [6, 6.07) is 17.5. The summed E-state index contributed by atoms with van der Waals surface area (Å²) in [7, 11) is 0. The monoisotopic (exact) mass is 1040 g/mol. The van der Waals surface area contributed by atoms with Crippen molar-refractivity contribution in [2.45, 2.75) is 47.0 Å². The average molecular weight is 1040 g/mol. The van der Waals surface area contributed by atoms with Gasteiger partial charge in [-0.25, -0.2) is 47.5 Å². The lowest BCUT2D eigenvalue weighted by Gasteiger charge is -2.09. The molecule has 0 radical (unpaired) electrons. The standard InChI is InChI=1S/C15H7Cl2FN4O2.C15H10Cl2FN3O.C15H10ClFN2O2.2CH4/c16-10-5-7(1-2-11(10)18)22-14(21-24-15(22)23)8-3-4-19-13-9(8)6-12(17)20-13;16-11-5-8(1-2-12(11)18)6-13(21-22)9-3-4-19-15-10(9)7-14(17)20-15;16-11-5-8(1-2-12(11)17)6-13(20)9-3-4-18-15-10(9)7-14(21)19-15;;/h1-5H,6H2;1-5,22H,6-7H2;1-5H,6-7H2,(H,18,19,21);2*1H4/b;21-13+;;;. The Morgan fingerprint density at radius 3 is 1.86 bits per heavy atom. The number of pyridine rings is 3. The fraction of sp³-hybridized carbons (Fsp3) is 0.149. The molecule has 14 nitrogen and oxygen atoms in total. The Hall–Kier alpha value is -6.76. The minimum absolute atomic E-state index is 0. The van der Waals surface area contributed by atoms with Gasteiger partial charge < -0.3 is 10.5 Å². The normalized spacial score (nSPS) is 12.9. The Balaban J connectivity index is 0.000000168. The van der Waals surface area contributed by atoms with E-state index < -0.39 is 23.2 Å². The predicted octanol–water partition coefficient (Wildman–Crippen LogP) is 11.7. The number of carbonyl (C=O) groups excluding carboxylic acids is 2. The number of nitrogens with zero attached hydrogens (tertiary/aromatic N) is 8. The molecule has 4 aromatic heterocycles. The largest absolute Gasteiger partial charge is 0.446 e. The van der Waals surface area contributed by atoms with Gasteiger partial charge in [0.25, 0.3) is 0 Å². The van der Waals surface area contributed by atoms with Gasteiger partial charge in [-0.15, -0.1) is 0 Å². The number of anilines is 1. The van der Waals surface area contributed by atoms with E-state index in [4.69, 9.17) is 62.5 Å². The van der Waals surface area contributed by atoms with Gasteiger partial charge >= 0.3 is 5.76 Å². The molecule has 0 fully saturated rings. The van der Waals surface area contributed by atoms with Crippen LogP contribution in [0.4, 0.5) is 30.6 Å². The van der Waals surface area contributed by atoms with Crippen molar-refractivity contribution in [3.63, 3.8) is 0 Å². The third-order valence-electron chi connectivity index (χ3n) is 10.3. The highest BCUT2D eigenvalue weighted by Gasteiger charge is 2.27. The number of ketones is 1. The average Bonchev–Trinajstić information content (AvgIpc) is 4.09. The van der Waals surface area contributed by atoms with Gasteiger partial charge in [0.2, 0.25) is 5.91 Å². The van der Waals surface area contributed by atoms with Crippen LogP contribution < -0.4 is 11.1 Å². The van der Waals surface area contributed by atoms with E-state index in [1.807, 2.05) is 0 Å². The maximum absolute atomic E-state index is 13.4. The summed E-state index contributed by atoms with van der Waals surface area (Å²) in [6.45, 7) is 0. The molecule has 0 unspecified atom stereocenters. The molecule has 0 saturated carbocycles. The molecule has 0 saturated heterocycles. The fourth-order valence-electron chi connectivity index (χ4n) is 7.19. The molecule has 7 aromatic rings. The van der Waals surface area contributed by atoms with E-state index in [1.54, 1.807) is 30.5 Å². The number of rotatable bonds is 8. The minimum Gasteiger partial charge on any atom is -0.411 e. The number of carbonyl (C=O) groups is 2. The van der Waals surface area contributed by atoms with E-state index in [0.29, 0.717) is 86.3 Å². The van der Waals surface area contributed by atoms with E-state index >= 15 is 0 Å². The second kappa shape index (κ2) is 22.1. The van der Waals surface area contributed by atoms with Crippen LogP contribution in [0, 0.1) is 17.5 Å². The van der Waals surface area contributed by atoms with Crippen molar-refractivity contribution in [3.05, 3.63) is 173 Å². The van der Waals surface area contributed by atoms with E-state index in [2.05, 4.69) is 40.6 Å². The molecule has 10 rings (SSSR count). The molecule has 0 atom stereocenters. The maximum Gasteiger partial charge on any atom is 0.446 e. The van der Waals surface area contributed by atoms with Crippen LogP contribution in [0.25, 0.3) is 17.1 Å². The van der Waals surface area contributed by atoms with Gasteiger partial charge in [-0.05, 0) is 71.8 Å². The number of fused-ring (bicyclic) bond motifs is 3. The van der Waals surface area contributed by atoms with Crippen molar-refractivity contribution >= 4 is 103 Å². The first-order valence-electron chi connectivity index (χ1n) is 19.5. The number of Topliss-reactive ketones (excluding diaryl/α,β-unsaturated/α-hetero) is 1. The number of hydrogen-bond acceptors (Lipinski definition) is 12. The summed E-state index contributed by atoms with van der Waals surface area (Å²) >= 11 is 29.2. The molecule has 69 heavy (non-hydrogen) atoms. The molecular formula is C47H35Cl5F3N9O5. The van der Waals surface area contributed by atoms with Gasteiger partial charge in [0.15, 0.2) is 23.2 Å². The molecule has 2 N–H and O–H groups in total. The van der Waals surface area contributed by atoms with Crippen molar-refractivity contribution in [3.8, 4) is 17.1 Å². The number of aliphatic imine (C=N–C) groups is 2. The van der Waals surface area contributed by atoms with E-state index in [-0.39, 0.29) is 60.3 Å². The van der Waals surface area contributed by atoms with Crippen LogP contribution in [0.15, 0.2) is 116 Å². The third-order valence-corrected chi connectivity index (χ3v) is 11.6. The Labute approximate surface area is 416 Å². The highest BCUT2D eigenvalue weighted by atomic mass is 35.5. The number of hydrogen-bond donors (Lipinski definition) is 2. The number of oxime groups is 1. The van der Waals surface area contributed by atoms with Crippen LogP contribution in [0.5, 0.6) is 0 Å². The van der Waals surface area contributed by atoms with Crippen LogP contribution in [0.3, 0.4) is 0 Å². The van der Waals surface area contributed by atoms with Gasteiger partial charge in [0, 0.05) is 77.7 Å². The highest BCUT2D eigenvalue weighted by molar-refractivity contribution is 6.66. The molecule has 0 spiro atoms. The van der Waals surface area contributed by atoms with Gasteiger partial charge in [0.05, 0.1) is 32.9 Å². The van der Waals surface area contributed by atoms with Crippen LogP contribution in [0.1, 0.15) is 58.6 Å². The van der Waals surface area contributed by atoms with Crippen LogP contribution >= 0.6 is 58.0 Å². The highest BCUT2D eigenvalue weighted by Crippen LogP contribution is 2.35. The summed E-state index contributed by atoms with van der Waals surface area (Å²) in [6.07, 6.45) is 5.96. The lowest BCUT2D eigenvalue weighted by Crippen LogP contribution is -2.13. The van der Waals surface area contributed by atoms with Gasteiger partial charge in [-0.1, -0.05) is 95.3 Å². The molecule has 0 bridgehead atoms. The van der Waals surface area contributed by atoms with Crippen LogP contribution in [-0.2, 0) is 36.9 Å². The Bertz CT molecular complexity index is 3310. The molecule has 3 aromatic carbocycles. The first-order valence-corrected chi connectivity index (χ1v) is 21.4. The first kappa shape index (κ1) is 51.6. The number of amides is 1. The minimum atomic E-state index is -0.719. The summed E-state index contributed by atoms with van der Waals surface area (Å²) in [5.74, 6) is -0.983. The molecule has 354 valence electrons. The predicted molar refractivity (Wildman–Crippen MR) is 261 cm³/mol. The number of aromatic nitrogens is 5. The quantitative estimate of drug-likeness (QED) is 0.0645. The van der Waals surface area contributed by atoms with Gasteiger partial charge in [-0.3, -0.25) is 14.1 Å². The van der Waals surface area contributed by atoms with Gasteiger partial charge in [-0.2, -0.15) is 0 Å². The maximum atomic E-state index is 13.4. The molecule has 7 heterocycles. The van der Waals surface area contributed by atoms with Crippen molar-refractivity contribution < 1.29 is 32.5 Å². The molecular weight excluding hydrogens is 1000 g/mol. The summed E-state index contributed by atoms with van der Waals surface area (Å²) in [5.41, 5.74) is 6.04. The molecule has 3 aliphatic heterocycles. The van der Waals surface area contributed by atoms with Crippen LogP contribution in [0.2, 0.25) is 15.1 Å². The van der Waals surface area contributed by atoms with E-state index in [0.717, 1.165) is 22.8 Å². The van der Waals surface area contributed by atoms with Crippen molar-refractivity contribution in [2.24, 2.45) is 15.1 Å². The number of halogens is 8. The topological polar surface area (TPSA) is 190 Å². The Morgan fingerprint density at radius 1 is 0.681 bits per heavy atom. The van der Waals surface area contributed by atoms with Crippen molar-refractivity contribution in [1.82, 2.24) is 24.7 Å². The van der Waals surface area contributed by atoms with Crippen LogP contribution in [-0.4, -0.2) is 57.6 Å². The lowest BCUT2D eigenvalue weighted by molar-refractivity contribution is -0.115. The summed E-state index contributed by atoms with van der Waals surface area (Å²) in [5, 5.41) is 19.9. The second-order valence-electron chi connectivity index (χ2n) is 14.6. The first-order chi connectivity index (χ1) is 32.2. The van der Waals surface area contributed by atoms with Crippen molar-refractivity contribution in [1.29, 1.82) is 0 Å². The number of benzene rings is 3. The molecule has 0 aliphatic carbocycles. The molecule has 3 aliphatic rings. The Kier molecular flexibility index (Phi) is 16.5. The summed E-state index contributed by atoms with van der Waals surface area (Å²) in [4.78, 5) is 56.4. The molecule has 1 amide bonds. The second-order valence-corrected chi connectivity index (χ2v) is 16.7. The zero-order valence-corrected chi connectivity index (χ0v) is 37.7. The van der Waals surface area contributed by atoms with E-state index in [1.165, 1.54) is 59.4 Å². The fourth-order valence-corrected chi connectivity index (χ4v) is 8.20. The zero-order valence-electron chi connectivity index (χ0n) is 33.9. The Morgan fingerprint density at radius 2 is 1.23 bits per heavy atom. The third kappa shape index (κ3) is 11.4. The lowest BCUT2D eigenvalue weighted by atomic mass is 9.98. The zero-order chi connectivity index (χ0) is 47.5. The smallest absolute Gasteiger partial charge is 0.411 e. The van der Waals surface area contributed by atoms with E-state index in [9.17, 15) is 32.8 Å². The molecule has 22 heteroatoms. The SMILES string of the molecule is C.C.O/N=C(\Cc1ccc(F)c(Cl)c1)c1ccnc2c1CC(Cl)=N2.O=C1Cc2c(C(=O)Cc3ccc(F)c(Cl)c3)ccnc2N1.O=c1onc(-c2ccnc3c2CC(Cl)=N3)n1-c1ccc(F)c(Cl)c1. The van der Waals surface area contributed by atoms with Gasteiger partial charge in [0.1, 0.15) is 33.6 Å². The number of nitrogens with one attached hydrogen (secondary N) is 1. The van der Waals surface area contributed by atoms with Crippen molar-refractivity contribution in [2.75, 3.05) is 5.32 Å².